The third-order valence-corrected chi connectivity index (χ3v) is 3.79. The molecule has 1 fully saturated rings. The average molecular weight is 292 g/mol. The highest BCUT2D eigenvalue weighted by molar-refractivity contribution is 5.93. The molecule has 116 valence electrons. The molecule has 0 saturated carbocycles. The molecule has 1 aliphatic rings. The van der Waals surface area contributed by atoms with Crippen molar-refractivity contribution in [2.45, 2.75) is 19.8 Å². The molecule has 5 nitrogen and oxygen atoms in total. The van der Waals surface area contributed by atoms with Gasteiger partial charge < -0.3 is 15.2 Å². The Morgan fingerprint density at radius 1 is 1.38 bits per heavy atom. The van der Waals surface area contributed by atoms with Gasteiger partial charge in [0.1, 0.15) is 5.75 Å². The molecule has 21 heavy (non-hydrogen) atoms. The van der Waals surface area contributed by atoms with Crippen LogP contribution in [0.1, 0.15) is 19.8 Å². The zero-order chi connectivity index (χ0) is 15.1. The van der Waals surface area contributed by atoms with Gasteiger partial charge in [0.25, 0.3) is 0 Å². The second-order valence-electron chi connectivity index (χ2n) is 5.38. The zero-order valence-corrected chi connectivity index (χ0v) is 12.5. The molecule has 0 unspecified atom stereocenters. The summed E-state index contributed by atoms with van der Waals surface area (Å²) < 4.78 is 5.50. The average Bonchev–Trinajstić information content (AvgIpc) is 2.50. The molecule has 1 aliphatic heterocycles. The number of aliphatic hydroxyl groups excluding tert-OH is 1. The quantitative estimate of drug-likeness (QED) is 0.838. The summed E-state index contributed by atoms with van der Waals surface area (Å²) in [6.07, 6.45) is 1.92. The first-order chi connectivity index (χ1) is 10.2. The van der Waals surface area contributed by atoms with Crippen LogP contribution >= 0.6 is 0 Å². The van der Waals surface area contributed by atoms with Gasteiger partial charge >= 0.3 is 0 Å². The molecule has 0 bridgehead atoms. The topological polar surface area (TPSA) is 61.8 Å². The molecule has 0 aromatic heterocycles. The van der Waals surface area contributed by atoms with Crippen molar-refractivity contribution in [2.24, 2.45) is 5.92 Å². The second kappa shape index (κ2) is 8.00. The Kier molecular flexibility index (Phi) is 6.02. The highest BCUT2D eigenvalue weighted by atomic mass is 16.5. The maximum absolute atomic E-state index is 12.1. The maximum atomic E-state index is 12.1. The van der Waals surface area contributed by atoms with E-state index in [1.807, 2.05) is 31.2 Å². The van der Waals surface area contributed by atoms with E-state index in [9.17, 15) is 4.79 Å². The van der Waals surface area contributed by atoms with E-state index < -0.39 is 0 Å². The zero-order valence-electron chi connectivity index (χ0n) is 12.5. The molecule has 1 amide bonds. The number of aliphatic hydroxyl groups is 1. The van der Waals surface area contributed by atoms with Gasteiger partial charge in [0, 0.05) is 6.61 Å². The molecule has 2 N–H and O–H groups in total. The minimum Gasteiger partial charge on any atom is -0.492 e. The molecule has 1 saturated heterocycles. The number of carbonyl (C=O) groups excluding carboxylic acids is 1. The largest absolute Gasteiger partial charge is 0.492 e. The molecule has 1 aromatic carbocycles. The van der Waals surface area contributed by atoms with Gasteiger partial charge in [-0.15, -0.1) is 0 Å². The van der Waals surface area contributed by atoms with Crippen molar-refractivity contribution in [1.82, 2.24) is 4.90 Å². The Hall–Kier alpha value is -1.59. The lowest BCUT2D eigenvalue weighted by atomic mass is 9.98. The predicted molar refractivity (Wildman–Crippen MR) is 82.5 cm³/mol. The minimum absolute atomic E-state index is 0.0235. The van der Waals surface area contributed by atoms with Crippen LogP contribution in [0.2, 0.25) is 0 Å². The number of nitrogens with zero attached hydrogens (tertiary/aromatic N) is 1. The Labute approximate surface area is 125 Å². The van der Waals surface area contributed by atoms with E-state index in [4.69, 9.17) is 9.84 Å². The monoisotopic (exact) mass is 292 g/mol. The molecular formula is C16H24N2O3. The van der Waals surface area contributed by atoms with Gasteiger partial charge in [0.2, 0.25) is 5.91 Å². The summed E-state index contributed by atoms with van der Waals surface area (Å²) in [6, 6.07) is 7.47. The first-order valence-corrected chi connectivity index (χ1v) is 7.57. The van der Waals surface area contributed by atoms with E-state index in [1.54, 1.807) is 0 Å². The van der Waals surface area contributed by atoms with E-state index in [1.165, 1.54) is 0 Å². The number of rotatable bonds is 6. The SMILES string of the molecule is CCOc1ccccc1NC(=O)CN1CCC(CO)CC1. The lowest BCUT2D eigenvalue weighted by molar-refractivity contribution is -0.117. The lowest BCUT2D eigenvalue weighted by Gasteiger charge is -2.30. The van der Waals surface area contributed by atoms with Crippen LogP contribution in [0.25, 0.3) is 0 Å². The number of benzene rings is 1. The van der Waals surface area contributed by atoms with Crippen molar-refractivity contribution < 1.29 is 14.6 Å². The number of ether oxygens (including phenoxy) is 1. The van der Waals surface area contributed by atoms with E-state index in [0.29, 0.717) is 24.8 Å². The Bertz CT molecular complexity index is 457. The van der Waals surface area contributed by atoms with Crippen molar-refractivity contribution in [3.05, 3.63) is 24.3 Å². The van der Waals surface area contributed by atoms with Crippen LogP contribution < -0.4 is 10.1 Å². The summed E-state index contributed by atoms with van der Waals surface area (Å²) in [5.41, 5.74) is 0.717. The molecule has 0 spiro atoms. The summed E-state index contributed by atoms with van der Waals surface area (Å²) in [6.45, 7) is 4.86. The second-order valence-corrected chi connectivity index (χ2v) is 5.38. The van der Waals surface area contributed by atoms with E-state index in [-0.39, 0.29) is 12.5 Å². The smallest absolute Gasteiger partial charge is 0.238 e. The van der Waals surface area contributed by atoms with Gasteiger partial charge in [-0.3, -0.25) is 9.69 Å². The summed E-state index contributed by atoms with van der Waals surface area (Å²) >= 11 is 0. The standard InChI is InChI=1S/C16H24N2O3/c1-2-21-15-6-4-3-5-14(15)17-16(20)11-18-9-7-13(12-19)8-10-18/h3-6,13,19H,2,7-12H2,1H3,(H,17,20). The van der Waals surface area contributed by atoms with Crippen LogP contribution in [0.15, 0.2) is 24.3 Å². The number of hydrogen-bond donors (Lipinski definition) is 2. The van der Waals surface area contributed by atoms with Crippen LogP contribution in [0.4, 0.5) is 5.69 Å². The third kappa shape index (κ3) is 4.72. The third-order valence-electron chi connectivity index (χ3n) is 3.79. The van der Waals surface area contributed by atoms with Crippen LogP contribution in [0, 0.1) is 5.92 Å². The molecule has 2 rings (SSSR count). The normalized spacial score (nSPS) is 16.7. The van der Waals surface area contributed by atoms with Crippen LogP contribution in [0.3, 0.4) is 0 Å². The summed E-state index contributed by atoms with van der Waals surface area (Å²) in [5, 5.41) is 12.0. The van der Waals surface area contributed by atoms with Crippen LogP contribution in [-0.2, 0) is 4.79 Å². The van der Waals surface area contributed by atoms with Crippen molar-refractivity contribution in [3.63, 3.8) is 0 Å². The van der Waals surface area contributed by atoms with E-state index in [2.05, 4.69) is 10.2 Å². The van der Waals surface area contributed by atoms with Crippen molar-refractivity contribution in [3.8, 4) is 5.75 Å². The first kappa shape index (κ1) is 15.8. The van der Waals surface area contributed by atoms with Gasteiger partial charge in [-0.1, -0.05) is 12.1 Å². The summed E-state index contributed by atoms with van der Waals surface area (Å²) in [5.74, 6) is 1.07. The number of carbonyl (C=O) groups is 1. The molecular weight excluding hydrogens is 268 g/mol. The minimum atomic E-state index is -0.0235. The molecule has 1 heterocycles. The van der Waals surface area contributed by atoms with Gasteiger partial charge in [0.15, 0.2) is 0 Å². The number of para-hydroxylation sites is 2. The first-order valence-electron chi connectivity index (χ1n) is 7.57. The lowest BCUT2D eigenvalue weighted by Crippen LogP contribution is -2.39. The highest BCUT2D eigenvalue weighted by Gasteiger charge is 2.20. The van der Waals surface area contributed by atoms with Crippen LogP contribution in [-0.4, -0.2) is 48.8 Å². The molecule has 0 atom stereocenters. The Morgan fingerprint density at radius 3 is 2.76 bits per heavy atom. The summed E-state index contributed by atoms with van der Waals surface area (Å²) in [4.78, 5) is 14.3. The van der Waals surface area contributed by atoms with Crippen LogP contribution in [0.5, 0.6) is 5.75 Å². The van der Waals surface area contributed by atoms with E-state index >= 15 is 0 Å². The summed E-state index contributed by atoms with van der Waals surface area (Å²) in [7, 11) is 0. The number of nitrogens with one attached hydrogen (secondary N) is 1. The highest BCUT2D eigenvalue weighted by Crippen LogP contribution is 2.23. The van der Waals surface area contributed by atoms with Crippen molar-refractivity contribution >= 4 is 11.6 Å². The molecule has 5 heteroatoms. The van der Waals surface area contributed by atoms with Crippen molar-refractivity contribution in [2.75, 3.05) is 38.2 Å². The number of likely N-dealkylation sites (tertiary alicyclic amines) is 1. The fourth-order valence-corrected chi connectivity index (χ4v) is 2.57. The molecule has 1 aromatic rings. The molecule has 0 aliphatic carbocycles. The molecule has 0 radical (unpaired) electrons. The Morgan fingerprint density at radius 2 is 2.10 bits per heavy atom. The Balaban J connectivity index is 1.85. The maximum Gasteiger partial charge on any atom is 0.238 e. The number of piperidine rings is 1. The van der Waals surface area contributed by atoms with Crippen molar-refractivity contribution in [1.29, 1.82) is 0 Å². The fraction of sp³-hybridized carbons (Fsp3) is 0.562. The predicted octanol–water partition coefficient (Wildman–Crippen LogP) is 1.73. The fourth-order valence-electron chi connectivity index (χ4n) is 2.57. The number of amides is 1. The van der Waals surface area contributed by atoms with Gasteiger partial charge in [-0.25, -0.2) is 0 Å². The van der Waals surface area contributed by atoms with Gasteiger partial charge in [-0.05, 0) is 50.9 Å². The van der Waals surface area contributed by atoms with Gasteiger partial charge in [0.05, 0.1) is 18.8 Å². The van der Waals surface area contributed by atoms with E-state index in [0.717, 1.165) is 31.6 Å². The number of anilines is 1. The van der Waals surface area contributed by atoms with Gasteiger partial charge in [-0.2, -0.15) is 0 Å². The number of hydrogen-bond acceptors (Lipinski definition) is 4.